The number of nitrogens with zero attached hydrogens (tertiary/aromatic N) is 4. The van der Waals surface area contributed by atoms with Crippen LogP contribution in [0.3, 0.4) is 0 Å². The predicted octanol–water partition coefficient (Wildman–Crippen LogP) is 3.00. The first-order valence-electron chi connectivity index (χ1n) is 9.61. The van der Waals surface area contributed by atoms with Gasteiger partial charge in [-0.3, -0.25) is 0 Å². The van der Waals surface area contributed by atoms with Crippen molar-refractivity contribution in [2.24, 2.45) is 0 Å². The fourth-order valence-corrected chi connectivity index (χ4v) is 6.80. The van der Waals surface area contributed by atoms with Crippen molar-refractivity contribution in [1.29, 1.82) is 0 Å². The normalized spacial score (nSPS) is 18.0. The highest BCUT2D eigenvalue weighted by Gasteiger charge is 2.30. The number of thiophene rings is 1. The number of aryl methyl sites for hydroxylation is 3. The number of benzene rings is 1. The van der Waals surface area contributed by atoms with E-state index in [9.17, 15) is 8.42 Å². The third-order valence-electron chi connectivity index (χ3n) is 5.68. The SMILES string of the molecule is Cc1ccc(S(=O)(=O)N2CCN(c3ncnc4sc5c(c34)CCC5)CC2)cc1. The van der Waals surface area contributed by atoms with Crippen molar-refractivity contribution in [3.63, 3.8) is 0 Å². The van der Waals surface area contributed by atoms with E-state index in [2.05, 4.69) is 14.9 Å². The Morgan fingerprint density at radius 1 is 1.00 bits per heavy atom. The highest BCUT2D eigenvalue weighted by molar-refractivity contribution is 7.89. The van der Waals surface area contributed by atoms with Crippen LogP contribution < -0.4 is 4.90 Å². The predicted molar refractivity (Wildman–Crippen MR) is 112 cm³/mol. The maximum Gasteiger partial charge on any atom is 0.243 e. The van der Waals surface area contributed by atoms with Gasteiger partial charge in [0.05, 0.1) is 10.3 Å². The van der Waals surface area contributed by atoms with E-state index < -0.39 is 10.0 Å². The van der Waals surface area contributed by atoms with Crippen LogP contribution in [-0.4, -0.2) is 48.9 Å². The summed E-state index contributed by atoms with van der Waals surface area (Å²) in [5.74, 6) is 0.969. The second kappa shape index (κ2) is 6.79. The van der Waals surface area contributed by atoms with Gasteiger partial charge >= 0.3 is 0 Å². The summed E-state index contributed by atoms with van der Waals surface area (Å²) in [7, 11) is -3.45. The maximum absolute atomic E-state index is 12.9. The molecule has 28 heavy (non-hydrogen) atoms. The van der Waals surface area contributed by atoms with Gasteiger partial charge < -0.3 is 4.90 Å². The van der Waals surface area contributed by atoms with Crippen LogP contribution in [0.2, 0.25) is 0 Å². The number of anilines is 1. The molecule has 146 valence electrons. The zero-order valence-electron chi connectivity index (χ0n) is 15.8. The zero-order valence-corrected chi connectivity index (χ0v) is 17.4. The quantitative estimate of drug-likeness (QED) is 0.659. The first kappa shape index (κ1) is 18.0. The second-order valence-corrected chi connectivity index (χ2v) is 10.5. The Labute approximate surface area is 168 Å². The Balaban J connectivity index is 1.39. The van der Waals surface area contributed by atoms with E-state index in [1.807, 2.05) is 19.1 Å². The Morgan fingerprint density at radius 3 is 2.50 bits per heavy atom. The summed E-state index contributed by atoms with van der Waals surface area (Å²) in [4.78, 5) is 14.2. The maximum atomic E-state index is 12.9. The minimum absolute atomic E-state index is 0.367. The molecule has 3 heterocycles. The average molecular weight is 415 g/mol. The van der Waals surface area contributed by atoms with Gasteiger partial charge in [0.1, 0.15) is 17.0 Å². The summed E-state index contributed by atoms with van der Waals surface area (Å²) >= 11 is 1.78. The second-order valence-electron chi connectivity index (χ2n) is 7.44. The van der Waals surface area contributed by atoms with E-state index in [4.69, 9.17) is 0 Å². The number of piperazine rings is 1. The Hall–Kier alpha value is -2.03. The van der Waals surface area contributed by atoms with Gasteiger partial charge in [-0.1, -0.05) is 17.7 Å². The molecule has 0 amide bonds. The molecule has 2 aliphatic rings. The van der Waals surface area contributed by atoms with Gasteiger partial charge in [-0.2, -0.15) is 4.31 Å². The van der Waals surface area contributed by atoms with Crippen molar-refractivity contribution >= 4 is 37.4 Å². The highest BCUT2D eigenvalue weighted by atomic mass is 32.2. The molecule has 5 rings (SSSR count). The van der Waals surface area contributed by atoms with Gasteiger partial charge in [0.2, 0.25) is 10.0 Å². The van der Waals surface area contributed by atoms with Crippen molar-refractivity contribution in [2.75, 3.05) is 31.1 Å². The number of fused-ring (bicyclic) bond motifs is 3. The molecule has 1 aromatic carbocycles. The molecule has 0 spiro atoms. The Bertz CT molecular complexity index is 1130. The van der Waals surface area contributed by atoms with Gasteiger partial charge in [-0.15, -0.1) is 11.3 Å². The van der Waals surface area contributed by atoms with Crippen LogP contribution in [0.1, 0.15) is 22.4 Å². The molecule has 0 saturated carbocycles. The zero-order chi connectivity index (χ0) is 19.3. The van der Waals surface area contributed by atoms with E-state index in [0.29, 0.717) is 31.1 Å². The van der Waals surface area contributed by atoms with Gasteiger partial charge in [-0.25, -0.2) is 18.4 Å². The molecule has 1 saturated heterocycles. The number of aromatic nitrogens is 2. The van der Waals surface area contributed by atoms with E-state index in [1.165, 1.54) is 22.2 Å². The lowest BCUT2D eigenvalue weighted by molar-refractivity contribution is 0.384. The van der Waals surface area contributed by atoms with Crippen LogP contribution in [0.25, 0.3) is 10.2 Å². The lowest BCUT2D eigenvalue weighted by Gasteiger charge is -2.35. The molecular weight excluding hydrogens is 392 g/mol. The monoisotopic (exact) mass is 414 g/mol. The number of hydrogen-bond donors (Lipinski definition) is 0. The smallest absolute Gasteiger partial charge is 0.243 e. The summed E-state index contributed by atoms with van der Waals surface area (Å²) in [6.45, 7) is 4.17. The van der Waals surface area contributed by atoms with Crippen molar-refractivity contribution in [3.8, 4) is 0 Å². The summed E-state index contributed by atoms with van der Waals surface area (Å²) in [6.07, 6.45) is 5.07. The molecular formula is C20H22N4O2S2. The van der Waals surface area contributed by atoms with Gasteiger partial charge in [0.25, 0.3) is 0 Å². The summed E-state index contributed by atoms with van der Waals surface area (Å²) < 4.78 is 27.5. The fourth-order valence-electron chi connectivity index (χ4n) is 4.15. The standard InChI is InChI=1S/C20H22N4O2S2/c1-14-5-7-15(8-6-14)28(25,26)24-11-9-23(10-12-24)19-18-16-3-2-4-17(16)27-20(18)22-13-21-19/h5-8,13H,2-4,9-12H2,1H3. The number of sulfonamides is 1. The molecule has 3 aromatic rings. The molecule has 1 fully saturated rings. The topological polar surface area (TPSA) is 66.4 Å². The first-order chi connectivity index (χ1) is 13.5. The van der Waals surface area contributed by atoms with Crippen LogP contribution >= 0.6 is 11.3 Å². The Morgan fingerprint density at radius 2 is 1.75 bits per heavy atom. The number of hydrogen-bond acceptors (Lipinski definition) is 6. The van der Waals surface area contributed by atoms with Crippen LogP contribution in [-0.2, 0) is 22.9 Å². The van der Waals surface area contributed by atoms with E-state index in [1.54, 1.807) is 34.1 Å². The molecule has 1 aliphatic heterocycles. The van der Waals surface area contributed by atoms with E-state index >= 15 is 0 Å². The molecule has 0 unspecified atom stereocenters. The first-order valence-corrected chi connectivity index (χ1v) is 11.9. The van der Waals surface area contributed by atoms with Crippen LogP contribution in [0.15, 0.2) is 35.5 Å². The van der Waals surface area contributed by atoms with Crippen molar-refractivity contribution < 1.29 is 8.42 Å². The minimum atomic E-state index is -3.45. The van der Waals surface area contributed by atoms with Crippen LogP contribution in [0.4, 0.5) is 5.82 Å². The summed E-state index contributed by atoms with van der Waals surface area (Å²) in [5.41, 5.74) is 2.46. The van der Waals surface area contributed by atoms with Crippen molar-refractivity contribution in [1.82, 2.24) is 14.3 Å². The molecule has 0 atom stereocenters. The molecule has 1 aliphatic carbocycles. The largest absolute Gasteiger partial charge is 0.353 e. The van der Waals surface area contributed by atoms with E-state index in [-0.39, 0.29) is 0 Å². The molecule has 0 radical (unpaired) electrons. The number of rotatable bonds is 3. The third-order valence-corrected chi connectivity index (χ3v) is 8.79. The van der Waals surface area contributed by atoms with Gasteiger partial charge in [-0.05, 0) is 43.9 Å². The van der Waals surface area contributed by atoms with Gasteiger partial charge in [0, 0.05) is 31.1 Å². The van der Waals surface area contributed by atoms with Crippen LogP contribution in [0.5, 0.6) is 0 Å². The molecule has 6 nitrogen and oxygen atoms in total. The average Bonchev–Trinajstić information content (AvgIpc) is 3.29. The lowest BCUT2D eigenvalue weighted by atomic mass is 10.1. The third kappa shape index (κ3) is 2.91. The van der Waals surface area contributed by atoms with E-state index in [0.717, 1.165) is 29.1 Å². The fraction of sp³-hybridized carbons (Fsp3) is 0.400. The summed E-state index contributed by atoms with van der Waals surface area (Å²) in [5, 5.41) is 1.19. The van der Waals surface area contributed by atoms with Crippen molar-refractivity contribution in [3.05, 3.63) is 46.6 Å². The minimum Gasteiger partial charge on any atom is -0.353 e. The van der Waals surface area contributed by atoms with Gasteiger partial charge in [0.15, 0.2) is 0 Å². The molecule has 0 bridgehead atoms. The molecule has 8 heteroatoms. The van der Waals surface area contributed by atoms with Crippen molar-refractivity contribution in [2.45, 2.75) is 31.1 Å². The van der Waals surface area contributed by atoms with Crippen LogP contribution in [0, 0.1) is 6.92 Å². The molecule has 0 N–H and O–H groups in total. The highest BCUT2D eigenvalue weighted by Crippen LogP contribution is 2.40. The summed E-state index contributed by atoms with van der Waals surface area (Å²) in [6, 6.07) is 7.08. The lowest BCUT2D eigenvalue weighted by Crippen LogP contribution is -2.49. The molecule has 2 aromatic heterocycles. The Kier molecular flexibility index (Phi) is 4.37.